The first-order valence-electron chi connectivity index (χ1n) is 6.65. The summed E-state index contributed by atoms with van der Waals surface area (Å²) in [6, 6.07) is 9.31. The highest BCUT2D eigenvalue weighted by atomic mass is 16.6. The number of hydrogen-bond donors (Lipinski definition) is 1. The maximum atomic E-state index is 11.6. The summed E-state index contributed by atoms with van der Waals surface area (Å²) >= 11 is 0. The molecule has 0 aliphatic heterocycles. The van der Waals surface area contributed by atoms with Crippen molar-refractivity contribution >= 4 is 17.3 Å². The monoisotopic (exact) mass is 301 g/mol. The van der Waals surface area contributed by atoms with Crippen LogP contribution in [0.5, 0.6) is 11.6 Å². The zero-order valence-electron chi connectivity index (χ0n) is 12.1. The Labute approximate surface area is 127 Å². The fraction of sp³-hybridized carbons (Fsp3) is 0.200. The molecule has 0 fully saturated rings. The lowest BCUT2D eigenvalue weighted by Gasteiger charge is -2.09. The number of carbonyl (C=O) groups is 1. The number of rotatable bonds is 5. The smallest absolute Gasteiger partial charge is 0.331 e. The molecule has 7 heteroatoms. The van der Waals surface area contributed by atoms with Gasteiger partial charge in [-0.3, -0.25) is 14.9 Å². The highest BCUT2D eigenvalue weighted by Gasteiger charge is 2.16. The maximum Gasteiger partial charge on any atom is 0.331 e. The van der Waals surface area contributed by atoms with Crippen LogP contribution in [0.4, 0.5) is 11.4 Å². The van der Waals surface area contributed by atoms with Crippen LogP contribution in [0.25, 0.3) is 0 Å². The Morgan fingerprint density at radius 2 is 1.95 bits per heavy atom. The molecule has 1 aromatic carbocycles. The van der Waals surface area contributed by atoms with Crippen molar-refractivity contribution < 1.29 is 14.5 Å². The summed E-state index contributed by atoms with van der Waals surface area (Å²) in [4.78, 5) is 25.8. The van der Waals surface area contributed by atoms with Gasteiger partial charge in [-0.25, -0.2) is 4.98 Å². The van der Waals surface area contributed by atoms with Crippen LogP contribution in [0.3, 0.4) is 0 Å². The molecule has 0 aliphatic rings. The van der Waals surface area contributed by atoms with Crippen molar-refractivity contribution in [3.05, 3.63) is 52.7 Å². The van der Waals surface area contributed by atoms with Crippen LogP contribution in [-0.4, -0.2) is 15.8 Å². The molecule has 0 atom stereocenters. The molecule has 0 saturated heterocycles. The molecule has 22 heavy (non-hydrogen) atoms. The average Bonchev–Trinajstić information content (AvgIpc) is 2.49. The molecule has 0 aliphatic carbocycles. The van der Waals surface area contributed by atoms with E-state index in [1.807, 2.05) is 0 Å². The Bertz CT molecular complexity index is 683. The van der Waals surface area contributed by atoms with Gasteiger partial charge in [0, 0.05) is 23.9 Å². The number of nitro groups is 1. The second kappa shape index (κ2) is 6.66. The number of amides is 1. The van der Waals surface area contributed by atoms with Gasteiger partial charge in [0.05, 0.1) is 4.92 Å². The Kier molecular flexibility index (Phi) is 4.67. The van der Waals surface area contributed by atoms with Crippen molar-refractivity contribution in [1.29, 1.82) is 0 Å². The summed E-state index contributed by atoms with van der Waals surface area (Å²) in [6.07, 6.45) is 1.42. The Morgan fingerprint density at radius 1 is 1.27 bits per heavy atom. The van der Waals surface area contributed by atoms with E-state index in [1.54, 1.807) is 38.1 Å². The first-order chi connectivity index (χ1) is 10.5. The number of nitrogens with one attached hydrogen (secondary N) is 1. The van der Waals surface area contributed by atoms with Gasteiger partial charge in [-0.2, -0.15) is 0 Å². The minimum Gasteiger partial charge on any atom is -0.434 e. The zero-order valence-corrected chi connectivity index (χ0v) is 12.1. The van der Waals surface area contributed by atoms with Gasteiger partial charge in [-0.1, -0.05) is 13.8 Å². The van der Waals surface area contributed by atoms with Crippen LogP contribution in [0.15, 0.2) is 42.6 Å². The average molecular weight is 301 g/mol. The molecular formula is C15H15N3O4. The van der Waals surface area contributed by atoms with Crippen molar-refractivity contribution in [2.75, 3.05) is 5.32 Å². The standard InChI is InChI=1S/C15H15N3O4/c1-10(2)14(19)17-11-5-7-12(8-6-11)22-15-13(18(20)21)4-3-9-16-15/h3-10H,1-2H3,(H,17,19). The number of anilines is 1. The van der Waals surface area contributed by atoms with Gasteiger partial charge in [-0.05, 0) is 30.3 Å². The van der Waals surface area contributed by atoms with E-state index in [9.17, 15) is 14.9 Å². The molecule has 7 nitrogen and oxygen atoms in total. The third-order valence-electron chi connectivity index (χ3n) is 2.81. The lowest BCUT2D eigenvalue weighted by Crippen LogP contribution is -2.17. The third kappa shape index (κ3) is 3.78. The fourth-order valence-electron chi connectivity index (χ4n) is 1.60. The molecule has 0 saturated carbocycles. The van der Waals surface area contributed by atoms with Crippen molar-refractivity contribution in [3.8, 4) is 11.6 Å². The largest absolute Gasteiger partial charge is 0.434 e. The van der Waals surface area contributed by atoms with Gasteiger partial charge in [0.1, 0.15) is 5.75 Å². The molecule has 2 aromatic rings. The number of benzene rings is 1. The lowest BCUT2D eigenvalue weighted by atomic mass is 10.2. The third-order valence-corrected chi connectivity index (χ3v) is 2.81. The van der Waals surface area contributed by atoms with Gasteiger partial charge in [0.2, 0.25) is 5.91 Å². The lowest BCUT2D eigenvalue weighted by molar-refractivity contribution is -0.386. The van der Waals surface area contributed by atoms with Gasteiger partial charge in [-0.15, -0.1) is 0 Å². The molecule has 0 radical (unpaired) electrons. The molecule has 1 aromatic heterocycles. The topological polar surface area (TPSA) is 94.4 Å². The quantitative estimate of drug-likeness (QED) is 0.674. The number of pyridine rings is 1. The highest BCUT2D eigenvalue weighted by molar-refractivity contribution is 5.92. The minimum atomic E-state index is -0.556. The number of nitrogens with zero attached hydrogens (tertiary/aromatic N) is 2. The molecule has 2 rings (SSSR count). The first-order valence-corrected chi connectivity index (χ1v) is 6.65. The van der Waals surface area contributed by atoms with Crippen molar-refractivity contribution in [2.24, 2.45) is 5.92 Å². The molecule has 114 valence electrons. The van der Waals surface area contributed by atoms with Gasteiger partial charge in [0.15, 0.2) is 0 Å². The van der Waals surface area contributed by atoms with Gasteiger partial charge in [0.25, 0.3) is 5.88 Å². The molecule has 1 heterocycles. The molecular weight excluding hydrogens is 286 g/mol. The Balaban J connectivity index is 2.12. The van der Waals surface area contributed by atoms with E-state index >= 15 is 0 Å². The number of ether oxygens (including phenoxy) is 1. The summed E-state index contributed by atoms with van der Waals surface area (Å²) in [5.74, 6) is 0.108. The van der Waals surface area contributed by atoms with Crippen LogP contribution < -0.4 is 10.1 Å². The van der Waals surface area contributed by atoms with Gasteiger partial charge >= 0.3 is 5.69 Å². The highest BCUT2D eigenvalue weighted by Crippen LogP contribution is 2.28. The number of carbonyl (C=O) groups excluding carboxylic acids is 1. The molecule has 1 N–H and O–H groups in total. The summed E-state index contributed by atoms with van der Waals surface area (Å²) in [7, 11) is 0. The predicted molar refractivity (Wildman–Crippen MR) is 80.9 cm³/mol. The SMILES string of the molecule is CC(C)C(=O)Nc1ccc(Oc2ncccc2[N+](=O)[O-])cc1. The second-order valence-electron chi connectivity index (χ2n) is 4.86. The summed E-state index contributed by atoms with van der Waals surface area (Å²) in [5, 5.41) is 13.6. The predicted octanol–water partition coefficient (Wildman–Crippen LogP) is 3.38. The van der Waals surface area contributed by atoms with Crippen LogP contribution in [0.1, 0.15) is 13.8 Å². The Hall–Kier alpha value is -2.96. The van der Waals surface area contributed by atoms with E-state index in [-0.39, 0.29) is 23.4 Å². The Morgan fingerprint density at radius 3 is 2.55 bits per heavy atom. The van der Waals surface area contributed by atoms with Crippen LogP contribution in [-0.2, 0) is 4.79 Å². The van der Waals surface area contributed by atoms with E-state index < -0.39 is 4.92 Å². The van der Waals surface area contributed by atoms with E-state index in [4.69, 9.17) is 4.74 Å². The molecule has 0 bridgehead atoms. The van der Waals surface area contributed by atoms with Gasteiger partial charge < -0.3 is 10.1 Å². The van der Waals surface area contributed by atoms with E-state index in [1.165, 1.54) is 18.3 Å². The molecule has 0 unspecified atom stereocenters. The van der Waals surface area contributed by atoms with E-state index in [0.29, 0.717) is 11.4 Å². The second-order valence-corrected chi connectivity index (χ2v) is 4.86. The molecule has 0 spiro atoms. The van der Waals surface area contributed by atoms with Crippen molar-refractivity contribution in [1.82, 2.24) is 4.98 Å². The normalized spacial score (nSPS) is 10.3. The van der Waals surface area contributed by atoms with Crippen LogP contribution in [0.2, 0.25) is 0 Å². The van der Waals surface area contributed by atoms with E-state index in [0.717, 1.165) is 0 Å². The minimum absolute atomic E-state index is 0.0773. The summed E-state index contributed by atoms with van der Waals surface area (Å²) in [5.41, 5.74) is 0.418. The first kappa shape index (κ1) is 15.4. The number of hydrogen-bond acceptors (Lipinski definition) is 5. The summed E-state index contributed by atoms with van der Waals surface area (Å²) in [6.45, 7) is 3.60. The van der Waals surface area contributed by atoms with Crippen molar-refractivity contribution in [2.45, 2.75) is 13.8 Å². The van der Waals surface area contributed by atoms with Crippen molar-refractivity contribution in [3.63, 3.8) is 0 Å². The fourth-order valence-corrected chi connectivity index (χ4v) is 1.60. The van der Waals surface area contributed by atoms with Crippen LogP contribution in [0, 0.1) is 16.0 Å². The number of aromatic nitrogens is 1. The molecule has 1 amide bonds. The summed E-state index contributed by atoms with van der Waals surface area (Å²) < 4.78 is 5.41. The van der Waals surface area contributed by atoms with E-state index in [2.05, 4.69) is 10.3 Å². The zero-order chi connectivity index (χ0) is 16.1. The van der Waals surface area contributed by atoms with Crippen LogP contribution >= 0.6 is 0 Å². The maximum absolute atomic E-state index is 11.6.